The Bertz CT molecular complexity index is 521. The zero-order valence-corrected chi connectivity index (χ0v) is 11.4. The Labute approximate surface area is 118 Å². The van der Waals surface area contributed by atoms with E-state index in [4.69, 9.17) is 9.57 Å². The molecular weight excluding hydrogens is 256 g/mol. The van der Waals surface area contributed by atoms with Gasteiger partial charge in [0.25, 0.3) is 5.91 Å². The molecule has 3 saturated heterocycles. The summed E-state index contributed by atoms with van der Waals surface area (Å²) in [7, 11) is 1.95. The molecule has 0 aromatic heterocycles. The van der Waals surface area contributed by atoms with Crippen LogP contribution in [0.15, 0.2) is 30.3 Å². The van der Waals surface area contributed by atoms with Crippen molar-refractivity contribution in [1.82, 2.24) is 9.96 Å². The molecule has 1 amide bonds. The van der Waals surface area contributed by atoms with Crippen LogP contribution in [0.4, 0.5) is 0 Å². The lowest BCUT2D eigenvalue weighted by Gasteiger charge is -2.51. The number of piperidine rings is 1. The molecule has 20 heavy (non-hydrogen) atoms. The molecule has 1 aromatic carbocycles. The highest BCUT2D eigenvalue weighted by atomic mass is 16.7. The molecule has 2 bridgehead atoms. The van der Waals surface area contributed by atoms with Crippen molar-refractivity contribution in [1.29, 1.82) is 0 Å². The van der Waals surface area contributed by atoms with Gasteiger partial charge in [-0.2, -0.15) is 5.06 Å². The Morgan fingerprint density at radius 2 is 2.15 bits per heavy atom. The number of hydrogen-bond donors (Lipinski definition) is 0. The first kappa shape index (κ1) is 12.3. The highest BCUT2D eigenvalue weighted by Gasteiger charge is 2.59. The van der Waals surface area contributed by atoms with E-state index in [0.29, 0.717) is 13.2 Å². The van der Waals surface area contributed by atoms with E-state index in [1.54, 1.807) is 0 Å². The number of β-lactam (4-membered cyclic amide) rings is 1. The molecule has 0 N–H and O–H groups in total. The van der Waals surface area contributed by atoms with Gasteiger partial charge in [0, 0.05) is 13.6 Å². The first-order chi connectivity index (χ1) is 9.74. The minimum Gasteiger partial charge on any atom is -0.361 e. The van der Waals surface area contributed by atoms with E-state index in [2.05, 4.69) is 0 Å². The van der Waals surface area contributed by atoms with Gasteiger partial charge in [-0.25, -0.2) is 0 Å². The molecule has 4 rings (SSSR count). The van der Waals surface area contributed by atoms with Gasteiger partial charge in [-0.15, -0.1) is 0 Å². The van der Waals surface area contributed by atoms with E-state index in [1.807, 2.05) is 47.3 Å². The van der Waals surface area contributed by atoms with E-state index in [-0.39, 0.29) is 30.2 Å². The van der Waals surface area contributed by atoms with Crippen LogP contribution in [0, 0.1) is 0 Å². The van der Waals surface area contributed by atoms with Crippen LogP contribution in [0.5, 0.6) is 0 Å². The second-order valence-corrected chi connectivity index (χ2v) is 5.78. The third-order valence-electron chi connectivity index (χ3n) is 4.55. The van der Waals surface area contributed by atoms with Crippen LogP contribution in [0.2, 0.25) is 0 Å². The van der Waals surface area contributed by atoms with Gasteiger partial charge in [0.1, 0.15) is 0 Å². The van der Waals surface area contributed by atoms with Gasteiger partial charge < -0.3 is 9.64 Å². The van der Waals surface area contributed by atoms with Crippen molar-refractivity contribution in [3.8, 4) is 0 Å². The monoisotopic (exact) mass is 274 g/mol. The van der Waals surface area contributed by atoms with E-state index >= 15 is 0 Å². The lowest BCUT2D eigenvalue weighted by atomic mass is 9.84. The van der Waals surface area contributed by atoms with Crippen molar-refractivity contribution in [3.63, 3.8) is 0 Å². The molecule has 3 aliphatic rings. The number of carbonyl (C=O) groups is 1. The third-order valence-corrected chi connectivity index (χ3v) is 4.55. The molecule has 4 atom stereocenters. The van der Waals surface area contributed by atoms with Gasteiger partial charge in [-0.3, -0.25) is 9.63 Å². The highest BCUT2D eigenvalue weighted by molar-refractivity contribution is 5.89. The second-order valence-electron chi connectivity index (χ2n) is 5.78. The van der Waals surface area contributed by atoms with E-state index in [9.17, 15) is 4.79 Å². The van der Waals surface area contributed by atoms with Gasteiger partial charge in [0.15, 0.2) is 6.10 Å². The molecule has 1 aromatic rings. The third kappa shape index (κ3) is 1.78. The fraction of sp³-hybridized carbons (Fsp3) is 0.533. The first-order valence-electron chi connectivity index (χ1n) is 7.09. The Morgan fingerprint density at radius 1 is 1.35 bits per heavy atom. The molecule has 0 spiro atoms. The summed E-state index contributed by atoms with van der Waals surface area (Å²) in [5.41, 5.74) is 1.10. The van der Waals surface area contributed by atoms with Gasteiger partial charge in [0.2, 0.25) is 0 Å². The SMILES string of the molecule is CN1O[C@@H]2C[C@H]1[C@H]1[C@@H](OCc3ccccc3)C(=O)N1C2. The van der Waals surface area contributed by atoms with Gasteiger partial charge in [-0.1, -0.05) is 30.3 Å². The van der Waals surface area contributed by atoms with Crippen molar-refractivity contribution < 1.29 is 14.4 Å². The molecule has 0 unspecified atom stereocenters. The molecule has 0 radical (unpaired) electrons. The molecular formula is C15H18N2O3. The molecule has 5 heteroatoms. The van der Waals surface area contributed by atoms with Crippen molar-refractivity contribution >= 4 is 5.91 Å². The quantitative estimate of drug-likeness (QED) is 0.765. The van der Waals surface area contributed by atoms with Crippen molar-refractivity contribution in [2.75, 3.05) is 13.6 Å². The normalized spacial score (nSPS) is 35.9. The van der Waals surface area contributed by atoms with Crippen molar-refractivity contribution in [3.05, 3.63) is 35.9 Å². The standard InChI is InChI=1S/C15H18N2O3/c1-16-12-7-11(20-16)8-17-13(12)14(15(17)18)19-9-10-5-3-2-4-6-10/h2-6,11-14H,7-9H2,1H3/t11-,12+,13+,14-/m1/s1. The summed E-state index contributed by atoms with van der Waals surface area (Å²) in [6.45, 7) is 1.19. The number of hydroxylamine groups is 2. The van der Waals surface area contributed by atoms with Crippen molar-refractivity contribution in [2.45, 2.75) is 37.3 Å². The van der Waals surface area contributed by atoms with Gasteiger partial charge >= 0.3 is 0 Å². The maximum atomic E-state index is 12.2. The molecule has 3 fully saturated rings. The van der Waals surface area contributed by atoms with Gasteiger partial charge in [-0.05, 0) is 12.0 Å². The lowest BCUT2D eigenvalue weighted by Crippen LogP contribution is -2.73. The summed E-state index contributed by atoms with van der Waals surface area (Å²) in [5, 5.41) is 1.90. The minimum absolute atomic E-state index is 0.111. The molecule has 0 saturated carbocycles. The van der Waals surface area contributed by atoms with Crippen LogP contribution < -0.4 is 0 Å². The number of ether oxygens (including phenoxy) is 1. The molecule has 0 aliphatic carbocycles. The highest BCUT2D eigenvalue weighted by Crippen LogP contribution is 2.39. The number of nitrogens with zero attached hydrogens (tertiary/aromatic N) is 2. The Balaban J connectivity index is 1.45. The topological polar surface area (TPSA) is 42.0 Å². The lowest BCUT2D eigenvalue weighted by molar-refractivity contribution is -0.184. The van der Waals surface area contributed by atoms with Crippen LogP contribution in [0.1, 0.15) is 12.0 Å². The Hall–Kier alpha value is -1.43. The van der Waals surface area contributed by atoms with E-state index in [0.717, 1.165) is 12.0 Å². The zero-order chi connectivity index (χ0) is 13.7. The second kappa shape index (κ2) is 4.55. The van der Waals surface area contributed by atoms with Crippen molar-refractivity contribution in [2.24, 2.45) is 0 Å². The van der Waals surface area contributed by atoms with Crippen LogP contribution in [0.25, 0.3) is 0 Å². The molecule has 106 valence electrons. The molecule has 3 aliphatic heterocycles. The summed E-state index contributed by atoms with van der Waals surface area (Å²) in [6, 6.07) is 10.4. The minimum atomic E-state index is -0.315. The maximum absolute atomic E-state index is 12.2. The summed E-state index contributed by atoms with van der Waals surface area (Å²) in [5.74, 6) is 0.111. The maximum Gasteiger partial charge on any atom is 0.254 e. The fourth-order valence-electron chi connectivity index (χ4n) is 3.54. The summed E-state index contributed by atoms with van der Waals surface area (Å²) >= 11 is 0. The smallest absolute Gasteiger partial charge is 0.254 e. The van der Waals surface area contributed by atoms with Crippen LogP contribution in [-0.4, -0.2) is 53.8 Å². The number of fused-ring (bicyclic) bond motifs is 4. The molecule has 3 heterocycles. The van der Waals surface area contributed by atoms with Crippen LogP contribution >= 0.6 is 0 Å². The summed E-state index contributed by atoms with van der Waals surface area (Å²) in [4.78, 5) is 19.8. The number of likely N-dealkylation sites (N-methyl/N-ethyl adjacent to an activating group) is 1. The first-order valence-corrected chi connectivity index (χ1v) is 7.09. The number of carbonyl (C=O) groups excluding carboxylic acids is 1. The van der Waals surface area contributed by atoms with Crippen LogP contribution in [-0.2, 0) is 21.0 Å². The number of rotatable bonds is 3. The van der Waals surface area contributed by atoms with Crippen LogP contribution in [0.3, 0.4) is 0 Å². The average Bonchev–Trinajstić information content (AvgIpc) is 2.77. The largest absolute Gasteiger partial charge is 0.361 e. The van der Waals surface area contributed by atoms with Gasteiger partial charge in [0.05, 0.1) is 24.8 Å². The number of benzene rings is 1. The predicted molar refractivity (Wildman–Crippen MR) is 71.6 cm³/mol. The summed E-state index contributed by atoms with van der Waals surface area (Å²) in [6.07, 6.45) is 0.849. The fourth-order valence-corrected chi connectivity index (χ4v) is 3.54. The number of amides is 1. The van der Waals surface area contributed by atoms with E-state index < -0.39 is 0 Å². The number of hydrogen-bond acceptors (Lipinski definition) is 4. The Morgan fingerprint density at radius 3 is 2.95 bits per heavy atom. The van der Waals surface area contributed by atoms with E-state index in [1.165, 1.54) is 0 Å². The predicted octanol–water partition coefficient (Wildman–Crippen LogP) is 0.800. The average molecular weight is 274 g/mol. The zero-order valence-electron chi connectivity index (χ0n) is 11.4. The Kier molecular flexibility index (Phi) is 2.80. The summed E-state index contributed by atoms with van der Waals surface area (Å²) < 4.78 is 5.87. The molecule has 5 nitrogen and oxygen atoms in total.